The minimum Gasteiger partial charge on any atom is -0.212 e. The Morgan fingerprint density at radius 2 is 2.13 bits per heavy atom. The zero-order valence-electron chi connectivity index (χ0n) is 9.42. The summed E-state index contributed by atoms with van der Waals surface area (Å²) in [5.41, 5.74) is 0.0913. The highest BCUT2D eigenvalue weighted by atomic mass is 35.5. The molecule has 1 aliphatic carbocycles. The summed E-state index contributed by atoms with van der Waals surface area (Å²) in [6, 6.07) is 0.0952. The maximum absolute atomic E-state index is 11.7. The first-order chi connectivity index (χ1) is 6.87. The fourth-order valence-corrected chi connectivity index (χ4v) is 3.87. The van der Waals surface area contributed by atoms with Gasteiger partial charge in [0.2, 0.25) is 10.0 Å². The van der Waals surface area contributed by atoms with Crippen LogP contribution in [0.3, 0.4) is 0 Å². The maximum Gasteiger partial charge on any atom is 0.211 e. The molecule has 0 saturated heterocycles. The van der Waals surface area contributed by atoms with Crippen LogP contribution < -0.4 is 4.72 Å². The van der Waals surface area contributed by atoms with E-state index in [2.05, 4.69) is 18.6 Å². The average molecular weight is 254 g/mol. The number of nitrogens with one attached hydrogen (secondary N) is 1. The predicted molar refractivity (Wildman–Crippen MR) is 63.7 cm³/mol. The van der Waals surface area contributed by atoms with Crippen molar-refractivity contribution in [2.75, 3.05) is 11.6 Å². The molecule has 1 fully saturated rings. The molecule has 15 heavy (non-hydrogen) atoms. The van der Waals surface area contributed by atoms with E-state index in [0.29, 0.717) is 12.3 Å². The normalized spacial score (nSPS) is 25.7. The molecule has 5 heteroatoms. The molecule has 1 unspecified atom stereocenters. The van der Waals surface area contributed by atoms with E-state index in [-0.39, 0.29) is 17.2 Å². The molecule has 0 aromatic heterocycles. The Morgan fingerprint density at radius 3 is 2.60 bits per heavy atom. The van der Waals surface area contributed by atoms with Gasteiger partial charge in [-0.05, 0) is 24.7 Å². The third-order valence-corrected chi connectivity index (χ3v) is 4.86. The monoisotopic (exact) mass is 253 g/mol. The van der Waals surface area contributed by atoms with Gasteiger partial charge in [-0.25, -0.2) is 13.1 Å². The second-order valence-corrected chi connectivity index (χ2v) is 7.16. The summed E-state index contributed by atoms with van der Waals surface area (Å²) in [6.45, 7) is 4.24. The smallest absolute Gasteiger partial charge is 0.211 e. The fourth-order valence-electron chi connectivity index (χ4n) is 2.07. The number of hydrogen-bond acceptors (Lipinski definition) is 2. The standard InChI is InChI=1S/C10H20ClNO2S/c1-10(2)6-3-5-9(10)12-15(13,14)8-4-7-11/h9,12H,3-8H2,1-2H3. The SMILES string of the molecule is CC1(C)CCCC1NS(=O)(=O)CCCCl. The van der Waals surface area contributed by atoms with Gasteiger partial charge in [-0.3, -0.25) is 0 Å². The van der Waals surface area contributed by atoms with Crippen LogP contribution in [0.2, 0.25) is 0 Å². The van der Waals surface area contributed by atoms with E-state index in [1.54, 1.807) is 0 Å². The lowest BCUT2D eigenvalue weighted by molar-refractivity contribution is 0.313. The second kappa shape index (κ2) is 5.02. The topological polar surface area (TPSA) is 46.2 Å². The molecule has 0 aliphatic heterocycles. The summed E-state index contributed by atoms with van der Waals surface area (Å²) in [4.78, 5) is 0. The minimum atomic E-state index is -3.13. The predicted octanol–water partition coefficient (Wildman–Crippen LogP) is 2.11. The van der Waals surface area contributed by atoms with Crippen LogP contribution in [0.25, 0.3) is 0 Å². The highest BCUT2D eigenvalue weighted by Gasteiger charge is 2.36. The van der Waals surface area contributed by atoms with Gasteiger partial charge in [0.1, 0.15) is 0 Å². The van der Waals surface area contributed by atoms with Gasteiger partial charge in [0, 0.05) is 11.9 Å². The number of sulfonamides is 1. The van der Waals surface area contributed by atoms with E-state index in [1.807, 2.05) is 0 Å². The molecule has 1 rings (SSSR count). The van der Waals surface area contributed by atoms with Gasteiger partial charge in [-0.1, -0.05) is 20.3 Å². The van der Waals surface area contributed by atoms with E-state index in [9.17, 15) is 8.42 Å². The minimum absolute atomic E-state index is 0.0913. The van der Waals surface area contributed by atoms with E-state index in [1.165, 1.54) is 0 Å². The van der Waals surface area contributed by atoms with Crippen molar-refractivity contribution in [2.45, 2.75) is 45.6 Å². The average Bonchev–Trinajstić information content (AvgIpc) is 2.42. The molecule has 90 valence electrons. The van der Waals surface area contributed by atoms with E-state index < -0.39 is 10.0 Å². The van der Waals surface area contributed by atoms with E-state index in [0.717, 1.165) is 19.3 Å². The summed E-state index contributed by atoms with van der Waals surface area (Å²) in [5, 5.41) is 0. The van der Waals surface area contributed by atoms with Crippen molar-refractivity contribution in [3.05, 3.63) is 0 Å². The Bertz CT molecular complexity index is 301. The van der Waals surface area contributed by atoms with Crippen LogP contribution in [-0.4, -0.2) is 26.1 Å². The molecule has 1 saturated carbocycles. The van der Waals surface area contributed by atoms with Crippen LogP contribution in [0.4, 0.5) is 0 Å². The number of hydrogen-bond donors (Lipinski definition) is 1. The van der Waals surface area contributed by atoms with Crippen LogP contribution >= 0.6 is 11.6 Å². The zero-order chi connectivity index (χ0) is 11.5. The van der Waals surface area contributed by atoms with Crippen LogP contribution in [0.5, 0.6) is 0 Å². The fraction of sp³-hybridized carbons (Fsp3) is 1.00. The van der Waals surface area contributed by atoms with Crippen LogP contribution in [0, 0.1) is 5.41 Å². The Morgan fingerprint density at radius 1 is 1.47 bits per heavy atom. The van der Waals surface area contributed by atoms with Crippen molar-refractivity contribution in [3.8, 4) is 0 Å². The first-order valence-electron chi connectivity index (χ1n) is 5.43. The molecule has 3 nitrogen and oxygen atoms in total. The summed E-state index contributed by atoms with van der Waals surface area (Å²) >= 11 is 5.49. The second-order valence-electron chi connectivity index (χ2n) is 4.91. The zero-order valence-corrected chi connectivity index (χ0v) is 11.0. The third-order valence-electron chi connectivity index (χ3n) is 3.13. The van der Waals surface area contributed by atoms with Crippen molar-refractivity contribution in [3.63, 3.8) is 0 Å². The van der Waals surface area contributed by atoms with Gasteiger partial charge in [-0.15, -0.1) is 11.6 Å². The summed E-state index contributed by atoms with van der Waals surface area (Å²) in [7, 11) is -3.13. The highest BCUT2D eigenvalue weighted by Crippen LogP contribution is 2.37. The van der Waals surface area contributed by atoms with Gasteiger partial charge >= 0.3 is 0 Å². The molecule has 0 heterocycles. The molecular weight excluding hydrogens is 234 g/mol. The lowest BCUT2D eigenvalue weighted by Gasteiger charge is -2.27. The van der Waals surface area contributed by atoms with E-state index in [4.69, 9.17) is 11.6 Å². The largest absolute Gasteiger partial charge is 0.212 e. The van der Waals surface area contributed by atoms with Crippen molar-refractivity contribution >= 4 is 21.6 Å². The molecular formula is C10H20ClNO2S. The highest BCUT2D eigenvalue weighted by molar-refractivity contribution is 7.89. The van der Waals surface area contributed by atoms with Gasteiger partial charge < -0.3 is 0 Å². The van der Waals surface area contributed by atoms with Crippen LogP contribution in [-0.2, 0) is 10.0 Å². The first kappa shape index (κ1) is 13.3. The Balaban J connectivity index is 2.54. The molecule has 1 N–H and O–H groups in total. The summed E-state index contributed by atoms with van der Waals surface area (Å²) in [5.74, 6) is 0.540. The maximum atomic E-state index is 11.7. The molecule has 0 aromatic carbocycles. The van der Waals surface area contributed by atoms with Crippen molar-refractivity contribution < 1.29 is 8.42 Å². The Kier molecular flexibility index (Phi) is 4.44. The first-order valence-corrected chi connectivity index (χ1v) is 7.62. The van der Waals surface area contributed by atoms with Gasteiger partial charge in [0.15, 0.2) is 0 Å². The molecule has 1 aliphatic rings. The summed E-state index contributed by atoms with van der Waals surface area (Å²) in [6.07, 6.45) is 3.67. The quantitative estimate of drug-likeness (QED) is 0.763. The number of halogens is 1. The van der Waals surface area contributed by atoms with Gasteiger partial charge in [0.05, 0.1) is 5.75 Å². The third kappa shape index (κ3) is 3.93. The van der Waals surface area contributed by atoms with Crippen molar-refractivity contribution in [2.24, 2.45) is 5.41 Å². The number of alkyl halides is 1. The van der Waals surface area contributed by atoms with Gasteiger partial charge in [-0.2, -0.15) is 0 Å². The Labute approximate surface area is 97.6 Å². The van der Waals surface area contributed by atoms with Gasteiger partial charge in [0.25, 0.3) is 0 Å². The van der Waals surface area contributed by atoms with Crippen molar-refractivity contribution in [1.82, 2.24) is 4.72 Å². The molecule has 0 spiro atoms. The lowest BCUT2D eigenvalue weighted by Crippen LogP contribution is -2.42. The lowest BCUT2D eigenvalue weighted by atomic mass is 9.88. The molecule has 1 atom stereocenters. The van der Waals surface area contributed by atoms with Crippen molar-refractivity contribution in [1.29, 1.82) is 0 Å². The molecule has 0 radical (unpaired) electrons. The summed E-state index contributed by atoms with van der Waals surface area (Å²) < 4.78 is 26.1. The molecule has 0 amide bonds. The molecule has 0 aromatic rings. The molecule has 0 bridgehead atoms. The number of rotatable bonds is 5. The van der Waals surface area contributed by atoms with Crippen LogP contribution in [0.1, 0.15) is 39.5 Å². The van der Waals surface area contributed by atoms with Crippen LogP contribution in [0.15, 0.2) is 0 Å². The van der Waals surface area contributed by atoms with E-state index >= 15 is 0 Å². The Hall–Kier alpha value is 0.200.